The molecule has 2 rings (SSSR count). The fourth-order valence-electron chi connectivity index (χ4n) is 2.22. The van der Waals surface area contributed by atoms with E-state index >= 15 is 0 Å². The largest absolute Gasteiger partial charge is 0.496 e. The standard InChI is InChI=1S/C13H17NO3/c1-3-17-13(15)11-6-8-4-10(14)5-9(8)7-12(11)16-2/h6-7,10H,3-5,14H2,1-2H3. The molecule has 0 spiro atoms. The van der Waals surface area contributed by atoms with Crippen molar-refractivity contribution in [2.24, 2.45) is 5.73 Å². The first kappa shape index (κ1) is 11.9. The minimum atomic E-state index is -0.340. The molecule has 0 fully saturated rings. The Labute approximate surface area is 101 Å². The van der Waals surface area contributed by atoms with Crippen LogP contribution in [0.4, 0.5) is 0 Å². The maximum atomic E-state index is 11.8. The van der Waals surface area contributed by atoms with Crippen LogP contribution in [0.2, 0.25) is 0 Å². The first-order valence-corrected chi connectivity index (χ1v) is 5.78. The first-order valence-electron chi connectivity index (χ1n) is 5.78. The fraction of sp³-hybridized carbons (Fsp3) is 0.462. The third-order valence-corrected chi connectivity index (χ3v) is 2.98. The molecule has 0 saturated heterocycles. The highest BCUT2D eigenvalue weighted by molar-refractivity contribution is 5.93. The number of benzene rings is 1. The van der Waals surface area contributed by atoms with E-state index in [4.69, 9.17) is 15.2 Å². The molecule has 1 aromatic rings. The van der Waals surface area contributed by atoms with Crippen molar-refractivity contribution in [3.8, 4) is 5.75 Å². The Morgan fingerprint density at radius 1 is 1.41 bits per heavy atom. The van der Waals surface area contributed by atoms with Crippen LogP contribution in [-0.4, -0.2) is 25.7 Å². The van der Waals surface area contributed by atoms with Crippen molar-refractivity contribution >= 4 is 5.97 Å². The van der Waals surface area contributed by atoms with Crippen LogP contribution >= 0.6 is 0 Å². The smallest absolute Gasteiger partial charge is 0.341 e. The summed E-state index contributed by atoms with van der Waals surface area (Å²) in [5, 5.41) is 0. The van der Waals surface area contributed by atoms with E-state index in [9.17, 15) is 4.79 Å². The average Bonchev–Trinajstić information content (AvgIpc) is 2.66. The van der Waals surface area contributed by atoms with Gasteiger partial charge in [-0.05, 0) is 43.0 Å². The zero-order chi connectivity index (χ0) is 12.4. The summed E-state index contributed by atoms with van der Waals surface area (Å²) in [4.78, 5) is 11.8. The molecule has 1 atom stereocenters. The third kappa shape index (κ3) is 2.26. The highest BCUT2D eigenvalue weighted by atomic mass is 16.5. The molecule has 2 N–H and O–H groups in total. The molecule has 1 aromatic carbocycles. The van der Waals surface area contributed by atoms with Gasteiger partial charge in [0.2, 0.25) is 0 Å². The van der Waals surface area contributed by atoms with Gasteiger partial charge in [0.25, 0.3) is 0 Å². The van der Waals surface area contributed by atoms with Gasteiger partial charge in [-0.1, -0.05) is 0 Å². The Bertz CT molecular complexity index is 443. The molecule has 0 aromatic heterocycles. The normalized spacial score (nSPS) is 17.7. The summed E-state index contributed by atoms with van der Waals surface area (Å²) in [5.74, 6) is 0.226. The van der Waals surface area contributed by atoms with Gasteiger partial charge in [-0.3, -0.25) is 0 Å². The number of esters is 1. The molecule has 4 nitrogen and oxygen atoms in total. The van der Waals surface area contributed by atoms with Crippen LogP contribution in [0.1, 0.15) is 28.4 Å². The highest BCUT2D eigenvalue weighted by Gasteiger charge is 2.23. The lowest BCUT2D eigenvalue weighted by Gasteiger charge is -2.10. The highest BCUT2D eigenvalue weighted by Crippen LogP contribution is 2.29. The number of carbonyl (C=O) groups excluding carboxylic acids is 1. The van der Waals surface area contributed by atoms with E-state index in [2.05, 4.69) is 0 Å². The third-order valence-electron chi connectivity index (χ3n) is 2.98. The van der Waals surface area contributed by atoms with Crippen LogP contribution in [0.25, 0.3) is 0 Å². The lowest BCUT2D eigenvalue weighted by atomic mass is 10.1. The molecule has 1 unspecified atom stereocenters. The molecule has 4 heteroatoms. The number of ether oxygens (including phenoxy) is 2. The number of rotatable bonds is 3. The van der Waals surface area contributed by atoms with Gasteiger partial charge in [0.1, 0.15) is 11.3 Å². The van der Waals surface area contributed by atoms with Gasteiger partial charge in [0.05, 0.1) is 13.7 Å². The van der Waals surface area contributed by atoms with Crippen molar-refractivity contribution in [2.45, 2.75) is 25.8 Å². The quantitative estimate of drug-likeness (QED) is 0.802. The average molecular weight is 235 g/mol. The van der Waals surface area contributed by atoms with Crippen LogP contribution in [0, 0.1) is 0 Å². The Morgan fingerprint density at radius 2 is 2.06 bits per heavy atom. The number of methoxy groups -OCH3 is 1. The first-order chi connectivity index (χ1) is 8.15. The second-order valence-corrected chi connectivity index (χ2v) is 4.21. The predicted molar refractivity (Wildman–Crippen MR) is 64.3 cm³/mol. The van der Waals surface area contributed by atoms with Crippen molar-refractivity contribution in [2.75, 3.05) is 13.7 Å². The molecular weight excluding hydrogens is 218 g/mol. The van der Waals surface area contributed by atoms with Crippen molar-refractivity contribution in [1.82, 2.24) is 0 Å². The van der Waals surface area contributed by atoms with Crippen LogP contribution in [0.15, 0.2) is 12.1 Å². The molecule has 1 aliphatic carbocycles. The Kier molecular flexibility index (Phi) is 3.33. The van der Waals surface area contributed by atoms with Crippen molar-refractivity contribution in [3.05, 3.63) is 28.8 Å². The number of nitrogens with two attached hydrogens (primary N) is 1. The molecule has 0 aliphatic heterocycles. The van der Waals surface area contributed by atoms with Gasteiger partial charge in [0, 0.05) is 6.04 Å². The van der Waals surface area contributed by atoms with E-state index < -0.39 is 0 Å². The lowest BCUT2D eigenvalue weighted by molar-refractivity contribution is 0.0522. The number of hydrogen-bond donors (Lipinski definition) is 1. The molecular formula is C13H17NO3. The van der Waals surface area contributed by atoms with Crippen molar-refractivity contribution in [1.29, 1.82) is 0 Å². The Morgan fingerprint density at radius 3 is 2.65 bits per heavy atom. The molecule has 92 valence electrons. The van der Waals surface area contributed by atoms with Crippen molar-refractivity contribution in [3.63, 3.8) is 0 Å². The molecule has 0 amide bonds. The molecule has 0 heterocycles. The molecule has 0 saturated carbocycles. The molecule has 0 radical (unpaired) electrons. The van der Waals surface area contributed by atoms with Gasteiger partial charge >= 0.3 is 5.97 Å². The summed E-state index contributed by atoms with van der Waals surface area (Å²) in [6.07, 6.45) is 1.65. The second-order valence-electron chi connectivity index (χ2n) is 4.21. The van der Waals surface area contributed by atoms with E-state index in [0.717, 1.165) is 18.4 Å². The number of carbonyl (C=O) groups is 1. The number of hydrogen-bond acceptors (Lipinski definition) is 4. The summed E-state index contributed by atoms with van der Waals surface area (Å²) < 4.78 is 10.2. The minimum Gasteiger partial charge on any atom is -0.496 e. The van der Waals surface area contributed by atoms with E-state index in [1.165, 1.54) is 5.56 Å². The zero-order valence-electron chi connectivity index (χ0n) is 10.2. The van der Waals surface area contributed by atoms with Crippen LogP contribution in [-0.2, 0) is 17.6 Å². The second kappa shape index (κ2) is 4.75. The van der Waals surface area contributed by atoms with Crippen molar-refractivity contribution < 1.29 is 14.3 Å². The van der Waals surface area contributed by atoms with E-state index in [1.807, 2.05) is 12.1 Å². The van der Waals surface area contributed by atoms with Gasteiger partial charge in [-0.2, -0.15) is 0 Å². The van der Waals surface area contributed by atoms with Gasteiger partial charge < -0.3 is 15.2 Å². The number of fused-ring (bicyclic) bond motifs is 1. The molecule has 0 bridgehead atoms. The summed E-state index contributed by atoms with van der Waals surface area (Å²) in [6, 6.07) is 3.89. The van der Waals surface area contributed by atoms with Crippen LogP contribution in [0.5, 0.6) is 5.75 Å². The summed E-state index contributed by atoms with van der Waals surface area (Å²) >= 11 is 0. The van der Waals surface area contributed by atoms with Gasteiger partial charge in [0.15, 0.2) is 0 Å². The van der Waals surface area contributed by atoms with Gasteiger partial charge in [-0.15, -0.1) is 0 Å². The lowest BCUT2D eigenvalue weighted by Crippen LogP contribution is -2.19. The zero-order valence-corrected chi connectivity index (χ0v) is 10.2. The van der Waals surface area contributed by atoms with Crippen LogP contribution < -0.4 is 10.5 Å². The Balaban J connectivity index is 2.39. The Hall–Kier alpha value is -1.55. The minimum absolute atomic E-state index is 0.146. The topological polar surface area (TPSA) is 61.5 Å². The van der Waals surface area contributed by atoms with E-state index in [-0.39, 0.29) is 12.0 Å². The summed E-state index contributed by atoms with van der Waals surface area (Å²) in [6.45, 7) is 2.15. The fourth-order valence-corrected chi connectivity index (χ4v) is 2.22. The summed E-state index contributed by atoms with van der Waals surface area (Å²) in [7, 11) is 1.55. The van der Waals surface area contributed by atoms with Gasteiger partial charge in [-0.25, -0.2) is 4.79 Å². The maximum Gasteiger partial charge on any atom is 0.341 e. The maximum absolute atomic E-state index is 11.8. The SMILES string of the molecule is CCOC(=O)c1cc2c(cc1OC)CC(N)C2. The van der Waals surface area contributed by atoms with E-state index in [0.29, 0.717) is 17.9 Å². The molecule has 17 heavy (non-hydrogen) atoms. The molecule has 1 aliphatic rings. The monoisotopic (exact) mass is 235 g/mol. The predicted octanol–water partition coefficient (Wildman–Crippen LogP) is 1.30. The van der Waals surface area contributed by atoms with Crippen LogP contribution in [0.3, 0.4) is 0 Å². The van der Waals surface area contributed by atoms with E-state index in [1.54, 1.807) is 14.0 Å². The summed E-state index contributed by atoms with van der Waals surface area (Å²) in [5.41, 5.74) is 8.69.